The van der Waals surface area contributed by atoms with Gasteiger partial charge in [-0.15, -0.1) is 0 Å². The molecule has 0 spiro atoms. The van der Waals surface area contributed by atoms with Crippen LogP contribution in [0.4, 0.5) is 11.4 Å². The number of carbonyl (C=O) groups is 2. The van der Waals surface area contributed by atoms with Crippen molar-refractivity contribution in [1.82, 2.24) is 0 Å². The first-order valence-electron chi connectivity index (χ1n) is 10.3. The molecule has 3 aromatic carbocycles. The van der Waals surface area contributed by atoms with Crippen molar-refractivity contribution in [2.24, 2.45) is 0 Å². The van der Waals surface area contributed by atoms with Gasteiger partial charge in [0.25, 0.3) is 11.6 Å². The third-order valence-corrected chi connectivity index (χ3v) is 5.83. The fourth-order valence-electron chi connectivity index (χ4n) is 4.00. The van der Waals surface area contributed by atoms with E-state index in [-0.39, 0.29) is 24.4 Å². The number of non-ortho nitro benzene ring substituents is 1. The fraction of sp³-hybridized carbons (Fsp3) is 0.200. The maximum absolute atomic E-state index is 13.3. The third-order valence-electron chi connectivity index (χ3n) is 5.83. The summed E-state index contributed by atoms with van der Waals surface area (Å²) in [4.78, 5) is 38.1. The highest BCUT2D eigenvalue weighted by Crippen LogP contribution is 2.43. The first-order chi connectivity index (χ1) is 15.3. The zero-order valence-electron chi connectivity index (χ0n) is 17.5. The average Bonchev–Trinajstić information content (AvgIpc) is 3.01. The normalized spacial score (nSPS) is 17.3. The number of amides is 1. The molecule has 0 saturated heterocycles. The minimum atomic E-state index is -1.97. The van der Waals surface area contributed by atoms with Gasteiger partial charge >= 0.3 is 0 Å². The first kappa shape index (κ1) is 21.4. The molecule has 162 valence electrons. The topological polar surface area (TPSA) is 101 Å². The van der Waals surface area contributed by atoms with Gasteiger partial charge in [0.1, 0.15) is 0 Å². The van der Waals surface area contributed by atoms with Gasteiger partial charge in [0.15, 0.2) is 11.4 Å². The van der Waals surface area contributed by atoms with E-state index < -0.39 is 16.4 Å². The maximum Gasteiger partial charge on any atom is 0.269 e. The molecule has 0 unspecified atom stereocenters. The molecule has 0 radical (unpaired) electrons. The molecule has 0 saturated carbocycles. The summed E-state index contributed by atoms with van der Waals surface area (Å²) in [6.07, 6.45) is 0.479. The van der Waals surface area contributed by atoms with E-state index in [1.54, 1.807) is 48.5 Å². The zero-order valence-corrected chi connectivity index (χ0v) is 17.5. The van der Waals surface area contributed by atoms with Crippen LogP contribution < -0.4 is 4.90 Å². The Labute approximate surface area is 185 Å². The number of hydrogen-bond acceptors (Lipinski definition) is 5. The maximum atomic E-state index is 13.3. The quantitative estimate of drug-likeness (QED) is 0.345. The van der Waals surface area contributed by atoms with Crippen molar-refractivity contribution < 1.29 is 19.6 Å². The van der Waals surface area contributed by atoms with E-state index >= 15 is 0 Å². The highest BCUT2D eigenvalue weighted by Gasteiger charge is 2.50. The summed E-state index contributed by atoms with van der Waals surface area (Å²) >= 11 is 0. The van der Waals surface area contributed by atoms with Gasteiger partial charge in [-0.1, -0.05) is 61.5 Å². The number of nitro benzene ring substituents is 1. The number of anilines is 1. The monoisotopic (exact) mass is 430 g/mol. The van der Waals surface area contributed by atoms with E-state index in [1.165, 1.54) is 17.0 Å². The predicted octanol–water partition coefficient (Wildman–Crippen LogP) is 4.16. The van der Waals surface area contributed by atoms with E-state index in [1.807, 2.05) is 19.1 Å². The van der Waals surface area contributed by atoms with E-state index in [2.05, 4.69) is 0 Å². The molecule has 0 aromatic heterocycles. The fourth-order valence-corrected chi connectivity index (χ4v) is 4.00. The minimum absolute atomic E-state index is 0.0434. The number of fused-ring (bicyclic) bond motifs is 1. The summed E-state index contributed by atoms with van der Waals surface area (Å²) in [5.41, 5.74) is 1.09. The molecule has 32 heavy (non-hydrogen) atoms. The van der Waals surface area contributed by atoms with Crippen LogP contribution >= 0.6 is 0 Å². The van der Waals surface area contributed by atoms with Crippen LogP contribution in [0.25, 0.3) is 0 Å². The van der Waals surface area contributed by atoms with Gasteiger partial charge in [-0.05, 0) is 23.6 Å². The van der Waals surface area contributed by atoms with E-state index in [4.69, 9.17) is 0 Å². The van der Waals surface area contributed by atoms with Gasteiger partial charge in [0, 0.05) is 23.3 Å². The molecule has 1 heterocycles. The van der Waals surface area contributed by atoms with Crippen LogP contribution in [0.2, 0.25) is 0 Å². The number of carbonyl (C=O) groups excluding carboxylic acids is 2. The Hall–Kier alpha value is -3.84. The molecule has 0 bridgehead atoms. The van der Waals surface area contributed by atoms with Crippen LogP contribution in [0.5, 0.6) is 0 Å². The Morgan fingerprint density at radius 1 is 1.00 bits per heavy atom. The van der Waals surface area contributed by atoms with Crippen LogP contribution in [0, 0.1) is 10.1 Å². The number of rotatable bonds is 7. The number of nitro groups is 1. The van der Waals surface area contributed by atoms with Crippen LogP contribution in [0.15, 0.2) is 72.8 Å². The van der Waals surface area contributed by atoms with Gasteiger partial charge < -0.3 is 10.0 Å². The summed E-state index contributed by atoms with van der Waals surface area (Å²) in [7, 11) is 0. The highest BCUT2D eigenvalue weighted by molar-refractivity contribution is 6.10. The second-order valence-electron chi connectivity index (χ2n) is 7.84. The molecule has 1 N–H and O–H groups in total. The molecule has 7 heteroatoms. The van der Waals surface area contributed by atoms with Crippen molar-refractivity contribution in [3.63, 3.8) is 0 Å². The van der Waals surface area contributed by atoms with E-state index in [0.29, 0.717) is 22.4 Å². The molecule has 1 amide bonds. The number of Topliss-reactive ketones (excluding diaryl/α,β-unsaturated/α-hetero) is 1. The number of para-hydroxylation sites is 1. The van der Waals surface area contributed by atoms with E-state index in [0.717, 1.165) is 12.0 Å². The lowest BCUT2D eigenvalue weighted by atomic mass is 9.88. The van der Waals surface area contributed by atoms with Crippen molar-refractivity contribution in [3.8, 4) is 0 Å². The summed E-state index contributed by atoms with van der Waals surface area (Å²) < 4.78 is 0. The van der Waals surface area contributed by atoms with Crippen molar-refractivity contribution in [1.29, 1.82) is 0 Å². The van der Waals surface area contributed by atoms with Gasteiger partial charge in [-0.25, -0.2) is 0 Å². The third kappa shape index (κ3) is 3.78. The van der Waals surface area contributed by atoms with E-state index in [9.17, 15) is 24.8 Å². The Bertz CT molecular complexity index is 1190. The van der Waals surface area contributed by atoms with Crippen molar-refractivity contribution in [3.05, 3.63) is 105 Å². The lowest BCUT2D eigenvalue weighted by Gasteiger charge is -2.23. The number of aryl methyl sites for hydroxylation is 1. The number of benzene rings is 3. The number of aliphatic hydroxyl groups is 1. The summed E-state index contributed by atoms with van der Waals surface area (Å²) in [6.45, 7) is 2.14. The highest BCUT2D eigenvalue weighted by atomic mass is 16.6. The lowest BCUT2D eigenvalue weighted by Crippen LogP contribution is -2.41. The zero-order chi connectivity index (χ0) is 22.9. The van der Waals surface area contributed by atoms with Crippen molar-refractivity contribution in [2.75, 3.05) is 4.90 Å². The molecule has 1 aliphatic heterocycles. The number of ketones is 1. The first-order valence-corrected chi connectivity index (χ1v) is 10.3. The molecular formula is C25H22N2O5. The molecule has 3 aromatic rings. The van der Waals surface area contributed by atoms with Crippen molar-refractivity contribution >= 4 is 23.1 Å². The molecule has 0 fully saturated rings. The predicted molar refractivity (Wildman–Crippen MR) is 119 cm³/mol. The second kappa shape index (κ2) is 8.36. The van der Waals surface area contributed by atoms with Crippen LogP contribution in [-0.4, -0.2) is 21.7 Å². The van der Waals surface area contributed by atoms with Crippen LogP contribution in [0.3, 0.4) is 0 Å². The van der Waals surface area contributed by atoms with Gasteiger partial charge in [-0.2, -0.15) is 0 Å². The molecule has 4 rings (SSSR count). The SMILES string of the molecule is CCc1ccc(C(=O)C[C@]2(O)C(=O)N(Cc3ccc([N+](=O)[O-])cc3)c3ccccc32)cc1. The molecule has 7 nitrogen and oxygen atoms in total. The Balaban J connectivity index is 1.62. The standard InChI is InChI=1S/C25H22N2O5/c1-2-17-7-11-19(12-8-17)23(28)15-25(30)21-5-3-4-6-22(21)26(24(25)29)16-18-9-13-20(14-10-18)27(31)32/h3-14,30H,2,15-16H2,1H3/t25-/m1/s1. The van der Waals surface area contributed by atoms with Crippen molar-refractivity contribution in [2.45, 2.75) is 31.9 Å². The van der Waals surface area contributed by atoms with Gasteiger partial charge in [0.2, 0.25) is 0 Å². The van der Waals surface area contributed by atoms with Crippen LogP contribution in [0.1, 0.15) is 40.4 Å². The molecular weight excluding hydrogens is 408 g/mol. The summed E-state index contributed by atoms with van der Waals surface area (Å²) in [5, 5.41) is 22.3. The average molecular weight is 430 g/mol. The Morgan fingerprint density at radius 2 is 1.62 bits per heavy atom. The lowest BCUT2D eigenvalue weighted by molar-refractivity contribution is -0.384. The largest absolute Gasteiger partial charge is 0.375 e. The number of hydrogen-bond donors (Lipinski definition) is 1. The Kier molecular flexibility index (Phi) is 5.59. The molecule has 1 atom stereocenters. The second-order valence-corrected chi connectivity index (χ2v) is 7.84. The number of nitrogens with zero attached hydrogens (tertiary/aromatic N) is 2. The molecule has 0 aliphatic carbocycles. The van der Waals surface area contributed by atoms with Gasteiger partial charge in [-0.3, -0.25) is 19.7 Å². The molecule has 1 aliphatic rings. The minimum Gasteiger partial charge on any atom is -0.375 e. The van der Waals surface area contributed by atoms with Crippen LogP contribution in [-0.2, 0) is 23.4 Å². The summed E-state index contributed by atoms with van der Waals surface area (Å²) in [6, 6.07) is 19.9. The van der Waals surface area contributed by atoms with Gasteiger partial charge in [0.05, 0.1) is 23.6 Å². The Morgan fingerprint density at radius 3 is 2.25 bits per heavy atom. The summed E-state index contributed by atoms with van der Waals surface area (Å²) in [5.74, 6) is -0.911. The smallest absolute Gasteiger partial charge is 0.269 e.